The predicted octanol–water partition coefficient (Wildman–Crippen LogP) is 2.41. The Hall–Kier alpha value is -1.80. The van der Waals surface area contributed by atoms with Gasteiger partial charge in [-0.05, 0) is 18.2 Å². The van der Waals surface area contributed by atoms with Crippen molar-refractivity contribution in [2.24, 2.45) is 5.73 Å². The molecular formula is C11H10ClF3N4O. The molecule has 0 unspecified atom stereocenters. The number of aromatic nitrogens is 3. The quantitative estimate of drug-likeness (QED) is 0.945. The van der Waals surface area contributed by atoms with Gasteiger partial charge in [-0.2, -0.15) is 13.2 Å². The van der Waals surface area contributed by atoms with Crippen LogP contribution in [0, 0.1) is 0 Å². The Kier molecular flexibility index (Phi) is 3.87. The Balaban J connectivity index is 2.59. The average Bonchev–Trinajstić information content (AvgIpc) is 2.82. The van der Waals surface area contributed by atoms with E-state index in [9.17, 15) is 13.2 Å². The molecule has 20 heavy (non-hydrogen) atoms. The van der Waals surface area contributed by atoms with Crippen molar-refractivity contribution in [3.05, 3.63) is 34.6 Å². The first kappa shape index (κ1) is 14.6. The second kappa shape index (κ2) is 5.29. The number of hydrogen-bond acceptors (Lipinski definition) is 4. The standard InChI is InChI=1S/C11H10ClF3N4O/c1-20-9-3-2-6(4-7(9)12)19-10(11(13,14)15)8(5-16)17-18-19/h2-4H,5,16H2,1H3. The van der Waals surface area contributed by atoms with E-state index in [1.807, 2.05) is 0 Å². The molecule has 0 spiro atoms. The Morgan fingerprint density at radius 2 is 2.10 bits per heavy atom. The molecule has 0 aliphatic heterocycles. The number of ether oxygens (including phenoxy) is 1. The van der Waals surface area contributed by atoms with E-state index >= 15 is 0 Å². The first-order valence-electron chi connectivity index (χ1n) is 5.44. The molecule has 5 nitrogen and oxygen atoms in total. The lowest BCUT2D eigenvalue weighted by atomic mass is 10.2. The largest absolute Gasteiger partial charge is 0.495 e. The highest BCUT2D eigenvalue weighted by atomic mass is 35.5. The molecule has 0 atom stereocenters. The van der Waals surface area contributed by atoms with E-state index in [2.05, 4.69) is 10.3 Å². The maximum Gasteiger partial charge on any atom is 0.435 e. The van der Waals surface area contributed by atoms with Gasteiger partial charge in [0.05, 0.1) is 17.8 Å². The van der Waals surface area contributed by atoms with Crippen LogP contribution in [0.25, 0.3) is 5.69 Å². The topological polar surface area (TPSA) is 66.0 Å². The zero-order chi connectivity index (χ0) is 14.9. The van der Waals surface area contributed by atoms with E-state index < -0.39 is 11.9 Å². The average molecular weight is 307 g/mol. The number of rotatable bonds is 3. The van der Waals surface area contributed by atoms with Crippen LogP contribution in [0.3, 0.4) is 0 Å². The third-order valence-electron chi connectivity index (χ3n) is 2.58. The molecule has 0 saturated heterocycles. The fourth-order valence-corrected chi connectivity index (χ4v) is 1.95. The second-order valence-corrected chi connectivity index (χ2v) is 4.22. The van der Waals surface area contributed by atoms with Gasteiger partial charge in [-0.15, -0.1) is 5.10 Å². The third kappa shape index (κ3) is 2.56. The molecule has 9 heteroatoms. The molecule has 0 aliphatic carbocycles. The molecule has 2 aromatic rings. The second-order valence-electron chi connectivity index (χ2n) is 3.82. The van der Waals surface area contributed by atoms with Crippen LogP contribution in [-0.2, 0) is 12.7 Å². The minimum absolute atomic E-state index is 0.121. The summed E-state index contributed by atoms with van der Waals surface area (Å²) in [5.41, 5.74) is 4.03. The highest BCUT2D eigenvalue weighted by Gasteiger charge is 2.39. The van der Waals surface area contributed by atoms with Gasteiger partial charge in [0.25, 0.3) is 0 Å². The maximum absolute atomic E-state index is 13.0. The Morgan fingerprint density at radius 1 is 1.40 bits per heavy atom. The van der Waals surface area contributed by atoms with E-state index in [-0.39, 0.29) is 22.9 Å². The van der Waals surface area contributed by atoms with Crippen LogP contribution in [0.1, 0.15) is 11.4 Å². The van der Waals surface area contributed by atoms with Crippen molar-refractivity contribution < 1.29 is 17.9 Å². The first-order valence-corrected chi connectivity index (χ1v) is 5.82. The Bertz CT molecular complexity index is 627. The lowest BCUT2D eigenvalue weighted by molar-refractivity contribution is -0.143. The van der Waals surface area contributed by atoms with Crippen LogP contribution in [0.5, 0.6) is 5.75 Å². The van der Waals surface area contributed by atoms with Crippen molar-refractivity contribution in [3.63, 3.8) is 0 Å². The molecular weight excluding hydrogens is 297 g/mol. The molecule has 1 aromatic heterocycles. The van der Waals surface area contributed by atoms with Gasteiger partial charge in [0.2, 0.25) is 0 Å². The minimum Gasteiger partial charge on any atom is -0.495 e. The molecule has 1 heterocycles. The highest BCUT2D eigenvalue weighted by Crippen LogP contribution is 2.34. The normalized spacial score (nSPS) is 11.7. The molecule has 0 bridgehead atoms. The van der Waals surface area contributed by atoms with Gasteiger partial charge < -0.3 is 10.5 Å². The highest BCUT2D eigenvalue weighted by molar-refractivity contribution is 6.32. The number of hydrogen-bond donors (Lipinski definition) is 1. The number of halogens is 4. The number of alkyl halides is 3. The zero-order valence-electron chi connectivity index (χ0n) is 10.3. The summed E-state index contributed by atoms with van der Waals surface area (Å²) < 4.78 is 44.7. The molecule has 0 aliphatic rings. The Morgan fingerprint density at radius 3 is 2.60 bits per heavy atom. The van der Waals surface area contributed by atoms with Crippen molar-refractivity contribution in [2.45, 2.75) is 12.7 Å². The van der Waals surface area contributed by atoms with Crippen LogP contribution in [-0.4, -0.2) is 22.1 Å². The molecule has 0 amide bonds. The maximum atomic E-state index is 13.0. The third-order valence-corrected chi connectivity index (χ3v) is 2.88. The molecule has 0 fully saturated rings. The summed E-state index contributed by atoms with van der Waals surface area (Å²) in [6, 6.07) is 4.15. The fourth-order valence-electron chi connectivity index (χ4n) is 1.70. The van der Waals surface area contributed by atoms with E-state index in [0.29, 0.717) is 10.4 Å². The van der Waals surface area contributed by atoms with Crippen LogP contribution < -0.4 is 10.5 Å². The number of methoxy groups -OCH3 is 1. The molecule has 0 saturated carbocycles. The van der Waals surface area contributed by atoms with Gasteiger partial charge in [0.15, 0.2) is 5.69 Å². The molecule has 2 N–H and O–H groups in total. The van der Waals surface area contributed by atoms with Crippen LogP contribution >= 0.6 is 11.6 Å². The minimum atomic E-state index is -4.62. The summed E-state index contributed by atoms with van der Waals surface area (Å²) in [6.07, 6.45) is -4.62. The van der Waals surface area contributed by atoms with E-state index in [0.717, 1.165) is 0 Å². The van der Waals surface area contributed by atoms with Gasteiger partial charge in [-0.25, -0.2) is 4.68 Å². The summed E-state index contributed by atoms with van der Waals surface area (Å²) >= 11 is 5.89. The van der Waals surface area contributed by atoms with Crippen LogP contribution in [0.15, 0.2) is 18.2 Å². The van der Waals surface area contributed by atoms with Crippen molar-refractivity contribution in [2.75, 3.05) is 7.11 Å². The van der Waals surface area contributed by atoms with Crippen LogP contribution in [0.2, 0.25) is 5.02 Å². The molecule has 0 radical (unpaired) electrons. The van der Waals surface area contributed by atoms with Gasteiger partial charge >= 0.3 is 6.18 Å². The lowest BCUT2D eigenvalue weighted by Gasteiger charge is -2.11. The lowest BCUT2D eigenvalue weighted by Crippen LogP contribution is -2.16. The summed E-state index contributed by atoms with van der Waals surface area (Å²) in [4.78, 5) is 0. The number of benzene rings is 1. The predicted molar refractivity (Wildman–Crippen MR) is 65.8 cm³/mol. The summed E-state index contributed by atoms with van der Waals surface area (Å²) in [6.45, 7) is -0.362. The van der Waals surface area contributed by atoms with Gasteiger partial charge in [-0.3, -0.25) is 0 Å². The summed E-state index contributed by atoms with van der Waals surface area (Å²) in [5, 5.41) is 7.10. The van der Waals surface area contributed by atoms with Crippen molar-refractivity contribution in [3.8, 4) is 11.4 Å². The fraction of sp³-hybridized carbons (Fsp3) is 0.273. The summed E-state index contributed by atoms with van der Waals surface area (Å²) in [7, 11) is 1.41. The summed E-state index contributed by atoms with van der Waals surface area (Å²) in [5.74, 6) is 0.350. The van der Waals surface area contributed by atoms with Gasteiger partial charge in [0, 0.05) is 6.54 Å². The molecule has 1 aromatic carbocycles. The first-order chi connectivity index (χ1) is 9.38. The van der Waals surface area contributed by atoms with Crippen molar-refractivity contribution in [1.29, 1.82) is 0 Å². The van der Waals surface area contributed by atoms with Gasteiger partial charge in [0.1, 0.15) is 11.4 Å². The van der Waals surface area contributed by atoms with E-state index in [1.165, 1.54) is 25.3 Å². The number of nitrogens with zero attached hydrogens (tertiary/aromatic N) is 3. The number of nitrogens with two attached hydrogens (primary N) is 1. The molecule has 2 rings (SSSR count). The monoisotopic (exact) mass is 306 g/mol. The van der Waals surface area contributed by atoms with E-state index in [4.69, 9.17) is 22.1 Å². The zero-order valence-corrected chi connectivity index (χ0v) is 11.0. The smallest absolute Gasteiger partial charge is 0.435 e. The van der Waals surface area contributed by atoms with Crippen molar-refractivity contribution in [1.82, 2.24) is 15.0 Å². The molecule has 108 valence electrons. The van der Waals surface area contributed by atoms with Crippen LogP contribution in [0.4, 0.5) is 13.2 Å². The van der Waals surface area contributed by atoms with Gasteiger partial charge in [-0.1, -0.05) is 16.8 Å². The SMILES string of the molecule is COc1ccc(-n2nnc(CN)c2C(F)(F)F)cc1Cl. The van der Waals surface area contributed by atoms with E-state index in [1.54, 1.807) is 0 Å². The Labute approximate surface area is 117 Å². The van der Waals surface area contributed by atoms with Crippen molar-refractivity contribution >= 4 is 11.6 Å².